The van der Waals surface area contributed by atoms with Gasteiger partial charge in [0.2, 0.25) is 0 Å². The molecule has 0 saturated carbocycles. The number of fused-ring (bicyclic) bond motifs is 3. The predicted octanol–water partition coefficient (Wildman–Crippen LogP) is 5.58. The highest BCUT2D eigenvalue weighted by molar-refractivity contribution is 7.20. The van der Waals surface area contributed by atoms with Gasteiger partial charge in [0.1, 0.15) is 5.82 Å². The van der Waals surface area contributed by atoms with Crippen molar-refractivity contribution < 1.29 is 0 Å². The van der Waals surface area contributed by atoms with E-state index >= 15 is 0 Å². The van der Waals surface area contributed by atoms with E-state index in [1.165, 1.54) is 39.8 Å². The number of unbranched alkanes of at least 4 members (excludes halogenated alkanes) is 2. The van der Waals surface area contributed by atoms with Crippen LogP contribution in [0.1, 0.15) is 57.4 Å². The Morgan fingerprint density at radius 1 is 1.10 bits per heavy atom. The van der Waals surface area contributed by atoms with Crippen LogP contribution in [0.2, 0.25) is 0 Å². The van der Waals surface area contributed by atoms with Crippen LogP contribution >= 0.6 is 11.3 Å². The Balaban J connectivity index is 1.66. The molecular formula is C24H36N4S. The van der Waals surface area contributed by atoms with Gasteiger partial charge in [0.05, 0.1) is 5.52 Å². The Labute approximate surface area is 179 Å². The number of pyridine rings is 1. The first-order chi connectivity index (χ1) is 13.8. The van der Waals surface area contributed by atoms with Crippen LogP contribution in [-0.2, 0) is 13.0 Å². The van der Waals surface area contributed by atoms with Crippen molar-refractivity contribution in [2.75, 3.05) is 25.9 Å². The molecule has 0 spiro atoms. The summed E-state index contributed by atoms with van der Waals surface area (Å²) in [7, 11) is 2.22. The van der Waals surface area contributed by atoms with Gasteiger partial charge in [-0.05, 0) is 77.9 Å². The van der Waals surface area contributed by atoms with Gasteiger partial charge in [0, 0.05) is 32.4 Å². The zero-order valence-electron chi connectivity index (χ0n) is 18.6. The standard InChI is InChI=1S/C24H36N4S/c1-6-26-16-18-15-20-22(29-18)19-12-11-17(14-21(19)27-23(20)25)10-8-7-9-13-28(5)24(2,3)4/h11-12,14-15,26H,6-10,13,16H2,1-5H3,(H2,25,27). The smallest absolute Gasteiger partial charge is 0.132 e. The maximum absolute atomic E-state index is 6.29. The zero-order valence-corrected chi connectivity index (χ0v) is 19.5. The molecule has 0 bridgehead atoms. The molecule has 0 amide bonds. The van der Waals surface area contributed by atoms with Gasteiger partial charge in [-0.3, -0.25) is 0 Å². The second kappa shape index (κ2) is 9.41. The summed E-state index contributed by atoms with van der Waals surface area (Å²) >= 11 is 1.83. The maximum atomic E-state index is 6.29. The van der Waals surface area contributed by atoms with E-state index in [4.69, 9.17) is 10.7 Å². The fourth-order valence-corrected chi connectivity index (χ4v) is 4.73. The average molecular weight is 413 g/mol. The van der Waals surface area contributed by atoms with E-state index in [9.17, 15) is 0 Å². The largest absolute Gasteiger partial charge is 0.383 e. The summed E-state index contributed by atoms with van der Waals surface area (Å²) in [6, 6.07) is 8.92. The Hall–Kier alpha value is -1.69. The number of nitrogens with two attached hydrogens (primary N) is 1. The van der Waals surface area contributed by atoms with Crippen LogP contribution in [0.4, 0.5) is 5.82 Å². The van der Waals surface area contributed by atoms with Crippen LogP contribution in [-0.4, -0.2) is 35.6 Å². The van der Waals surface area contributed by atoms with E-state index in [1.807, 2.05) is 11.3 Å². The van der Waals surface area contributed by atoms with E-state index < -0.39 is 0 Å². The second-order valence-electron chi connectivity index (χ2n) is 8.99. The molecule has 0 saturated heterocycles. The van der Waals surface area contributed by atoms with Crippen LogP contribution < -0.4 is 11.1 Å². The Kier molecular flexibility index (Phi) is 7.14. The number of anilines is 1. The van der Waals surface area contributed by atoms with Gasteiger partial charge in [0.25, 0.3) is 0 Å². The number of hydrogen-bond donors (Lipinski definition) is 2. The van der Waals surface area contributed by atoms with E-state index in [0.717, 1.165) is 37.0 Å². The number of nitrogens with one attached hydrogen (secondary N) is 1. The zero-order chi connectivity index (χ0) is 21.0. The molecule has 2 heterocycles. The van der Waals surface area contributed by atoms with E-state index in [-0.39, 0.29) is 5.54 Å². The van der Waals surface area contributed by atoms with Crippen molar-refractivity contribution in [1.29, 1.82) is 0 Å². The van der Waals surface area contributed by atoms with Crippen molar-refractivity contribution in [3.63, 3.8) is 0 Å². The minimum absolute atomic E-state index is 0.254. The van der Waals surface area contributed by atoms with Crippen LogP contribution in [0, 0.1) is 0 Å². The first-order valence-electron chi connectivity index (χ1n) is 10.8. The fraction of sp³-hybridized carbons (Fsp3) is 0.542. The number of hydrogen-bond acceptors (Lipinski definition) is 5. The Bertz CT molecular complexity index is 955. The molecule has 0 fully saturated rings. The lowest BCUT2D eigenvalue weighted by Crippen LogP contribution is -2.38. The monoisotopic (exact) mass is 412 g/mol. The molecule has 2 aromatic heterocycles. The van der Waals surface area contributed by atoms with Gasteiger partial charge in [0.15, 0.2) is 0 Å². The van der Waals surface area contributed by atoms with Gasteiger partial charge >= 0.3 is 0 Å². The number of nitrogens with zero attached hydrogens (tertiary/aromatic N) is 2. The van der Waals surface area contributed by atoms with Gasteiger partial charge in [-0.2, -0.15) is 0 Å². The van der Waals surface area contributed by atoms with Crippen molar-refractivity contribution >= 4 is 38.1 Å². The third-order valence-corrected chi connectivity index (χ3v) is 6.93. The molecule has 1 aromatic carbocycles. The summed E-state index contributed by atoms with van der Waals surface area (Å²) in [5.74, 6) is 0.647. The summed E-state index contributed by atoms with van der Waals surface area (Å²) in [5.41, 5.74) is 8.92. The summed E-state index contributed by atoms with van der Waals surface area (Å²) in [6.45, 7) is 12.0. The summed E-state index contributed by atoms with van der Waals surface area (Å²) < 4.78 is 1.26. The minimum Gasteiger partial charge on any atom is -0.383 e. The highest BCUT2D eigenvalue weighted by atomic mass is 32.1. The second-order valence-corrected chi connectivity index (χ2v) is 10.1. The highest BCUT2D eigenvalue weighted by Gasteiger charge is 2.15. The van der Waals surface area contributed by atoms with Crippen molar-refractivity contribution in [3.8, 4) is 0 Å². The third kappa shape index (κ3) is 5.47. The molecule has 158 valence electrons. The lowest BCUT2D eigenvalue weighted by atomic mass is 10.0. The Morgan fingerprint density at radius 2 is 1.90 bits per heavy atom. The molecule has 0 radical (unpaired) electrons. The van der Waals surface area contributed by atoms with Gasteiger partial charge < -0.3 is 16.0 Å². The van der Waals surface area contributed by atoms with Crippen LogP contribution in [0.25, 0.3) is 21.0 Å². The van der Waals surface area contributed by atoms with E-state index in [0.29, 0.717) is 5.82 Å². The number of aryl methyl sites for hydroxylation is 1. The fourth-order valence-electron chi connectivity index (χ4n) is 3.57. The molecule has 3 rings (SSSR count). The number of aromatic nitrogens is 1. The summed E-state index contributed by atoms with van der Waals surface area (Å²) in [5, 5.41) is 5.71. The summed E-state index contributed by atoms with van der Waals surface area (Å²) in [4.78, 5) is 8.46. The molecule has 5 heteroatoms. The number of nitrogen functional groups attached to an aromatic ring is 1. The van der Waals surface area contributed by atoms with E-state index in [1.54, 1.807) is 0 Å². The molecule has 0 unspecified atom stereocenters. The lowest BCUT2D eigenvalue weighted by molar-refractivity contribution is 0.172. The van der Waals surface area contributed by atoms with Crippen LogP contribution in [0.5, 0.6) is 0 Å². The van der Waals surface area contributed by atoms with Crippen LogP contribution in [0.3, 0.4) is 0 Å². The molecule has 0 aliphatic rings. The molecule has 0 atom stereocenters. The van der Waals surface area contributed by atoms with Gasteiger partial charge in [-0.25, -0.2) is 4.98 Å². The number of rotatable bonds is 9. The van der Waals surface area contributed by atoms with Crippen molar-refractivity contribution in [2.45, 2.75) is 65.5 Å². The molecule has 4 nitrogen and oxygen atoms in total. The SMILES string of the molecule is CCNCc1cc2c(N)nc3cc(CCCCCN(C)C(C)(C)C)ccc3c2s1. The van der Waals surface area contributed by atoms with Crippen molar-refractivity contribution in [3.05, 3.63) is 34.7 Å². The number of benzene rings is 1. The normalized spacial score (nSPS) is 12.5. The van der Waals surface area contributed by atoms with Gasteiger partial charge in [-0.1, -0.05) is 25.5 Å². The van der Waals surface area contributed by atoms with Crippen LogP contribution in [0.15, 0.2) is 24.3 Å². The van der Waals surface area contributed by atoms with Crippen molar-refractivity contribution in [2.24, 2.45) is 0 Å². The topological polar surface area (TPSA) is 54.2 Å². The first kappa shape index (κ1) is 22.0. The minimum atomic E-state index is 0.254. The van der Waals surface area contributed by atoms with E-state index in [2.05, 4.69) is 69.2 Å². The quantitative estimate of drug-likeness (QED) is 0.450. The average Bonchev–Trinajstić information content (AvgIpc) is 3.10. The number of thiophene rings is 1. The molecular weight excluding hydrogens is 376 g/mol. The Morgan fingerprint density at radius 3 is 2.62 bits per heavy atom. The lowest BCUT2D eigenvalue weighted by Gasteiger charge is -2.31. The summed E-state index contributed by atoms with van der Waals surface area (Å²) in [6.07, 6.45) is 4.82. The highest BCUT2D eigenvalue weighted by Crippen LogP contribution is 2.35. The molecule has 3 N–H and O–H groups in total. The first-order valence-corrected chi connectivity index (χ1v) is 11.6. The third-order valence-electron chi connectivity index (χ3n) is 5.76. The van der Waals surface area contributed by atoms with Crippen molar-refractivity contribution in [1.82, 2.24) is 15.2 Å². The van der Waals surface area contributed by atoms with Gasteiger partial charge in [-0.15, -0.1) is 11.3 Å². The maximum Gasteiger partial charge on any atom is 0.132 e. The molecule has 29 heavy (non-hydrogen) atoms. The molecule has 3 aromatic rings. The molecule has 0 aliphatic carbocycles. The molecule has 0 aliphatic heterocycles. The predicted molar refractivity (Wildman–Crippen MR) is 129 cm³/mol.